The van der Waals surface area contributed by atoms with Crippen LogP contribution in [0.2, 0.25) is 5.02 Å². The van der Waals surface area contributed by atoms with Crippen molar-refractivity contribution in [1.29, 1.82) is 0 Å². The van der Waals surface area contributed by atoms with Crippen molar-refractivity contribution < 1.29 is 33.3 Å². The molecule has 1 saturated heterocycles. The number of hydrogen-bond donors (Lipinski definition) is 0. The van der Waals surface area contributed by atoms with Crippen molar-refractivity contribution >= 4 is 41.0 Å². The van der Waals surface area contributed by atoms with Crippen LogP contribution in [-0.4, -0.2) is 76.4 Å². The summed E-state index contributed by atoms with van der Waals surface area (Å²) in [6.45, 7) is 3.32. The summed E-state index contributed by atoms with van der Waals surface area (Å²) in [4.78, 5) is 46.4. The number of methoxy groups -OCH3 is 2. The number of fused-ring (bicyclic) bond motifs is 1. The molecule has 3 fully saturated rings. The lowest BCUT2D eigenvalue weighted by Gasteiger charge is -2.45. The Morgan fingerprint density at radius 3 is 2.57 bits per heavy atom. The molecule has 1 spiro atoms. The minimum absolute atomic E-state index is 0.00252. The second-order valence-electron chi connectivity index (χ2n) is 15.2. The molecule has 7 rings (SSSR count). The first kappa shape index (κ1) is 37.3. The highest BCUT2D eigenvalue weighted by Gasteiger charge is 2.54. The van der Waals surface area contributed by atoms with E-state index in [0.29, 0.717) is 78.8 Å². The standard InChI is InChI=1S/C39H47Cl2N5O7/c1-38(37(49)53-21-24-8-9-25(50-3)17-33(24)51-4)13-6-5-7-27(38)36(48)46-16-12-26-28(41)10-11-32(52-22-29-30(19-40)44(2)43-42-29)35(26)31(46)20-45-23-39(14-15-39)18-34(45)47/h8-11,17,27,31H,5-7,12-16,18-23H2,1-4H3/t27-,31+,38-/m0/s1. The molecule has 2 aliphatic heterocycles. The van der Waals surface area contributed by atoms with Gasteiger partial charge in [0.25, 0.3) is 0 Å². The molecule has 284 valence electrons. The number of alkyl halides is 1. The maximum atomic E-state index is 15.1. The Kier molecular flexibility index (Phi) is 10.6. The highest BCUT2D eigenvalue weighted by atomic mass is 35.5. The normalized spacial score (nSPS) is 23.2. The van der Waals surface area contributed by atoms with Crippen molar-refractivity contribution in [2.45, 2.75) is 83.4 Å². The molecular formula is C39H47Cl2N5O7. The van der Waals surface area contributed by atoms with E-state index >= 15 is 4.79 Å². The molecule has 1 aromatic heterocycles. The van der Waals surface area contributed by atoms with Crippen molar-refractivity contribution in [3.63, 3.8) is 0 Å². The van der Waals surface area contributed by atoms with Crippen molar-refractivity contribution in [3.8, 4) is 17.2 Å². The number of carbonyl (C=O) groups is 3. The number of aromatic nitrogens is 3. The second-order valence-corrected chi connectivity index (χ2v) is 15.9. The Labute approximate surface area is 320 Å². The van der Waals surface area contributed by atoms with Gasteiger partial charge in [-0.3, -0.25) is 19.1 Å². The number of ether oxygens (including phenoxy) is 4. The first-order valence-electron chi connectivity index (χ1n) is 18.3. The lowest BCUT2D eigenvalue weighted by Crippen LogP contribution is -2.53. The summed E-state index contributed by atoms with van der Waals surface area (Å²) < 4.78 is 24.9. The number of nitrogens with zero attached hydrogens (tertiary/aromatic N) is 5. The zero-order valence-corrected chi connectivity index (χ0v) is 32.3. The predicted molar refractivity (Wildman–Crippen MR) is 197 cm³/mol. The first-order chi connectivity index (χ1) is 25.5. The van der Waals surface area contributed by atoms with E-state index < -0.39 is 23.3 Å². The van der Waals surface area contributed by atoms with Crippen molar-refractivity contribution in [3.05, 3.63) is 63.4 Å². The summed E-state index contributed by atoms with van der Waals surface area (Å²) in [6, 6.07) is 8.44. The molecule has 0 N–H and O–H groups in total. The van der Waals surface area contributed by atoms with Gasteiger partial charge in [0.1, 0.15) is 36.2 Å². The fraction of sp³-hybridized carbons (Fsp3) is 0.564. The molecular weight excluding hydrogens is 721 g/mol. The molecule has 3 heterocycles. The van der Waals surface area contributed by atoms with Crippen LogP contribution in [0.15, 0.2) is 30.3 Å². The average molecular weight is 769 g/mol. The number of rotatable bonds is 12. The highest BCUT2D eigenvalue weighted by Crippen LogP contribution is 2.54. The number of hydrogen-bond acceptors (Lipinski definition) is 9. The Morgan fingerprint density at radius 2 is 1.85 bits per heavy atom. The third kappa shape index (κ3) is 7.16. The molecule has 2 saturated carbocycles. The lowest BCUT2D eigenvalue weighted by atomic mass is 9.66. The van der Waals surface area contributed by atoms with Gasteiger partial charge in [0.2, 0.25) is 11.8 Å². The van der Waals surface area contributed by atoms with E-state index in [1.807, 2.05) is 34.9 Å². The summed E-state index contributed by atoms with van der Waals surface area (Å²) in [6.07, 6.45) is 5.77. The van der Waals surface area contributed by atoms with Crippen molar-refractivity contribution in [2.75, 3.05) is 33.9 Å². The molecule has 0 unspecified atom stereocenters. The molecule has 14 heteroatoms. The van der Waals surface area contributed by atoms with Crippen LogP contribution >= 0.6 is 23.2 Å². The molecule has 3 atom stereocenters. The van der Waals surface area contributed by atoms with Gasteiger partial charge in [-0.2, -0.15) is 0 Å². The smallest absolute Gasteiger partial charge is 0.312 e. The molecule has 4 aliphatic rings. The molecule has 3 aromatic rings. The van der Waals surface area contributed by atoms with Crippen LogP contribution in [0.4, 0.5) is 0 Å². The van der Waals surface area contributed by atoms with Crippen LogP contribution in [0.3, 0.4) is 0 Å². The van der Waals surface area contributed by atoms with E-state index in [1.165, 1.54) is 0 Å². The molecule has 12 nitrogen and oxygen atoms in total. The number of aryl methyl sites for hydroxylation is 1. The van der Waals surface area contributed by atoms with E-state index in [9.17, 15) is 9.59 Å². The molecule has 53 heavy (non-hydrogen) atoms. The van der Waals surface area contributed by atoms with Crippen LogP contribution < -0.4 is 14.2 Å². The van der Waals surface area contributed by atoms with Gasteiger partial charge in [-0.05, 0) is 74.3 Å². The quantitative estimate of drug-likeness (QED) is 0.157. The fourth-order valence-corrected chi connectivity index (χ4v) is 9.11. The highest BCUT2D eigenvalue weighted by molar-refractivity contribution is 6.31. The van der Waals surface area contributed by atoms with Gasteiger partial charge >= 0.3 is 5.97 Å². The molecule has 2 aliphatic carbocycles. The minimum atomic E-state index is -1.06. The van der Waals surface area contributed by atoms with Gasteiger partial charge in [-0.25, -0.2) is 0 Å². The van der Waals surface area contributed by atoms with Gasteiger partial charge in [0, 0.05) is 55.3 Å². The van der Waals surface area contributed by atoms with Gasteiger partial charge in [-0.1, -0.05) is 29.7 Å². The predicted octanol–water partition coefficient (Wildman–Crippen LogP) is 6.18. The Morgan fingerprint density at radius 1 is 1.04 bits per heavy atom. The van der Waals surface area contributed by atoms with E-state index in [1.54, 1.807) is 38.1 Å². The topological polar surface area (TPSA) is 125 Å². The Bertz CT molecular complexity index is 1900. The molecule has 0 bridgehead atoms. The van der Waals surface area contributed by atoms with E-state index in [2.05, 4.69) is 10.3 Å². The third-order valence-electron chi connectivity index (χ3n) is 12.0. The SMILES string of the molecule is COc1ccc(COC(=O)[C@@]2(C)CCCC[C@H]2C(=O)N2CCc3c(Cl)ccc(OCc4nnn(C)c4CCl)c3[C@H]2CN2CC3(CC3)CC2=O)c(OC)c1. The molecule has 2 amide bonds. The van der Waals surface area contributed by atoms with Crippen molar-refractivity contribution in [1.82, 2.24) is 24.8 Å². The molecule has 0 radical (unpaired) electrons. The minimum Gasteiger partial charge on any atom is -0.497 e. The van der Waals surface area contributed by atoms with E-state index in [4.69, 9.17) is 42.1 Å². The van der Waals surface area contributed by atoms with Gasteiger partial charge in [0.15, 0.2) is 0 Å². The summed E-state index contributed by atoms with van der Waals surface area (Å²) >= 11 is 13.1. The zero-order valence-electron chi connectivity index (χ0n) is 30.8. The van der Waals surface area contributed by atoms with Crippen molar-refractivity contribution in [2.24, 2.45) is 23.8 Å². The molecule has 2 aromatic carbocycles. The fourth-order valence-electron chi connectivity index (χ4n) is 8.52. The van der Waals surface area contributed by atoms with Gasteiger partial charge in [-0.15, -0.1) is 16.7 Å². The number of esters is 1. The van der Waals surface area contributed by atoms with Crippen LogP contribution in [0, 0.1) is 16.7 Å². The average Bonchev–Trinajstić information content (AvgIpc) is 3.71. The zero-order chi connectivity index (χ0) is 37.5. The summed E-state index contributed by atoms with van der Waals surface area (Å²) in [7, 11) is 4.91. The van der Waals surface area contributed by atoms with E-state index in [-0.39, 0.29) is 36.3 Å². The maximum Gasteiger partial charge on any atom is 0.312 e. The monoisotopic (exact) mass is 767 g/mol. The maximum absolute atomic E-state index is 15.1. The Balaban J connectivity index is 1.19. The number of amides is 2. The van der Waals surface area contributed by atoms with Crippen LogP contribution in [0.25, 0.3) is 0 Å². The lowest BCUT2D eigenvalue weighted by molar-refractivity contribution is -0.169. The number of halogens is 2. The van der Waals surface area contributed by atoms with Crippen LogP contribution in [0.5, 0.6) is 17.2 Å². The van der Waals surface area contributed by atoms with Gasteiger partial charge in [0.05, 0.1) is 43.2 Å². The third-order valence-corrected chi connectivity index (χ3v) is 12.6. The summed E-state index contributed by atoms with van der Waals surface area (Å²) in [5.74, 6) is 0.893. The number of carbonyl (C=O) groups excluding carboxylic acids is 3. The second kappa shape index (κ2) is 15.0. The number of benzene rings is 2. The van der Waals surface area contributed by atoms with Crippen LogP contribution in [0.1, 0.15) is 86.0 Å². The van der Waals surface area contributed by atoms with Gasteiger partial charge < -0.3 is 28.7 Å². The Hall–Kier alpha value is -4.03. The summed E-state index contributed by atoms with van der Waals surface area (Å²) in [5, 5.41) is 8.95. The van der Waals surface area contributed by atoms with E-state index in [0.717, 1.165) is 42.5 Å². The summed E-state index contributed by atoms with van der Waals surface area (Å²) in [5.41, 5.74) is 2.71. The number of likely N-dealkylation sites (tertiary alicyclic amines) is 1. The largest absolute Gasteiger partial charge is 0.497 e. The van der Waals surface area contributed by atoms with Crippen LogP contribution in [-0.2, 0) is 51.7 Å². The first-order valence-corrected chi connectivity index (χ1v) is 19.3.